The molecular formula is C10H10BrN5O. The van der Waals surface area contributed by atoms with Gasteiger partial charge in [-0.1, -0.05) is 0 Å². The smallest absolute Gasteiger partial charge is 0.274 e. The van der Waals surface area contributed by atoms with Gasteiger partial charge in [0.2, 0.25) is 5.95 Å². The summed E-state index contributed by atoms with van der Waals surface area (Å²) in [4.78, 5) is 18.7. The van der Waals surface area contributed by atoms with Crippen molar-refractivity contribution in [3.05, 3.63) is 33.8 Å². The van der Waals surface area contributed by atoms with Crippen LogP contribution in [0.25, 0.3) is 0 Å². The van der Waals surface area contributed by atoms with E-state index in [4.69, 9.17) is 0 Å². The van der Waals surface area contributed by atoms with E-state index in [0.29, 0.717) is 5.69 Å². The zero-order valence-electron chi connectivity index (χ0n) is 9.28. The van der Waals surface area contributed by atoms with E-state index in [1.807, 2.05) is 13.8 Å². The van der Waals surface area contributed by atoms with E-state index < -0.39 is 0 Å². The molecule has 0 aliphatic rings. The number of aromatic amines is 1. The molecule has 6 nitrogen and oxygen atoms in total. The Balaban J connectivity index is 2.15. The number of rotatable bonds is 2. The van der Waals surface area contributed by atoms with E-state index >= 15 is 0 Å². The van der Waals surface area contributed by atoms with Gasteiger partial charge < -0.3 is 4.98 Å². The molecule has 0 spiro atoms. The lowest BCUT2D eigenvalue weighted by Gasteiger charge is -2.03. The predicted octanol–water partition coefficient (Wildman–Crippen LogP) is 1.83. The Morgan fingerprint density at radius 3 is 2.71 bits per heavy atom. The topological polar surface area (TPSA) is 83.6 Å². The molecule has 0 unspecified atom stereocenters. The number of nitrogens with one attached hydrogen (secondary N) is 2. The molecule has 0 saturated carbocycles. The number of aromatic nitrogens is 4. The van der Waals surface area contributed by atoms with Gasteiger partial charge in [0.05, 0.1) is 11.4 Å². The first kappa shape index (κ1) is 11.7. The fourth-order valence-corrected chi connectivity index (χ4v) is 1.52. The molecule has 0 atom stereocenters. The molecule has 0 aliphatic carbocycles. The highest BCUT2D eigenvalue weighted by molar-refractivity contribution is 9.10. The van der Waals surface area contributed by atoms with Crippen molar-refractivity contribution in [3.63, 3.8) is 0 Å². The summed E-state index contributed by atoms with van der Waals surface area (Å²) in [6, 6.07) is 1.67. The van der Waals surface area contributed by atoms with E-state index in [-0.39, 0.29) is 11.9 Å². The second-order valence-electron chi connectivity index (χ2n) is 3.49. The highest BCUT2D eigenvalue weighted by Gasteiger charge is 2.10. The maximum atomic E-state index is 11.8. The average Bonchev–Trinajstić information content (AvgIpc) is 2.70. The van der Waals surface area contributed by atoms with Crippen molar-refractivity contribution in [2.45, 2.75) is 13.8 Å². The summed E-state index contributed by atoms with van der Waals surface area (Å²) in [5.41, 5.74) is 1.91. The standard InChI is InChI=1S/C10H10BrN5O/c1-5-6(2)15-16-10(13-5)14-9(17)8-3-7(11)4-12-8/h3-4,12H,1-2H3,(H,13,14,16,17). The Labute approximate surface area is 106 Å². The first-order valence-electron chi connectivity index (χ1n) is 4.89. The predicted molar refractivity (Wildman–Crippen MR) is 65.7 cm³/mol. The van der Waals surface area contributed by atoms with Crippen LogP contribution in [0.4, 0.5) is 5.95 Å². The van der Waals surface area contributed by atoms with Crippen LogP contribution in [-0.2, 0) is 0 Å². The van der Waals surface area contributed by atoms with E-state index in [1.165, 1.54) is 0 Å². The van der Waals surface area contributed by atoms with Gasteiger partial charge in [0, 0.05) is 10.7 Å². The number of hydrogen-bond donors (Lipinski definition) is 2. The summed E-state index contributed by atoms with van der Waals surface area (Å²) < 4.78 is 0.807. The fraction of sp³-hybridized carbons (Fsp3) is 0.200. The fourth-order valence-electron chi connectivity index (χ4n) is 1.18. The molecule has 0 aliphatic heterocycles. The number of aryl methyl sites for hydroxylation is 2. The first-order chi connectivity index (χ1) is 8.06. The lowest BCUT2D eigenvalue weighted by atomic mass is 10.4. The molecule has 7 heteroatoms. The molecule has 88 valence electrons. The van der Waals surface area contributed by atoms with Crippen molar-refractivity contribution in [2.75, 3.05) is 5.32 Å². The number of anilines is 1. The van der Waals surface area contributed by atoms with Gasteiger partial charge in [-0.2, -0.15) is 5.10 Å². The Hall–Kier alpha value is -1.76. The van der Waals surface area contributed by atoms with Gasteiger partial charge in [0.1, 0.15) is 5.69 Å². The third-order valence-corrected chi connectivity index (χ3v) is 2.67. The van der Waals surface area contributed by atoms with Crippen molar-refractivity contribution in [3.8, 4) is 0 Å². The van der Waals surface area contributed by atoms with Crippen LogP contribution in [0.2, 0.25) is 0 Å². The number of halogens is 1. The normalized spacial score (nSPS) is 10.3. The molecule has 0 bridgehead atoms. The zero-order chi connectivity index (χ0) is 12.4. The maximum Gasteiger partial charge on any atom is 0.274 e. The monoisotopic (exact) mass is 295 g/mol. The molecule has 2 N–H and O–H groups in total. The number of carbonyl (C=O) groups excluding carboxylic acids is 1. The minimum atomic E-state index is -0.305. The molecule has 2 aromatic heterocycles. The van der Waals surface area contributed by atoms with E-state index in [1.54, 1.807) is 12.3 Å². The SMILES string of the molecule is Cc1nnc(NC(=O)c2cc(Br)c[nH]2)nc1C. The maximum absolute atomic E-state index is 11.8. The summed E-state index contributed by atoms with van der Waals surface area (Å²) in [7, 11) is 0. The van der Waals surface area contributed by atoms with Crippen LogP contribution in [0, 0.1) is 13.8 Å². The Bertz CT molecular complexity index is 566. The number of hydrogen-bond acceptors (Lipinski definition) is 4. The Morgan fingerprint density at radius 1 is 1.35 bits per heavy atom. The summed E-state index contributed by atoms with van der Waals surface area (Å²) in [6.45, 7) is 3.62. The number of carbonyl (C=O) groups is 1. The minimum Gasteiger partial charge on any atom is -0.356 e. The van der Waals surface area contributed by atoms with Crippen LogP contribution in [0.1, 0.15) is 21.9 Å². The van der Waals surface area contributed by atoms with Gasteiger partial charge in [0.15, 0.2) is 0 Å². The molecular weight excluding hydrogens is 286 g/mol. The highest BCUT2D eigenvalue weighted by atomic mass is 79.9. The van der Waals surface area contributed by atoms with Gasteiger partial charge >= 0.3 is 0 Å². The third kappa shape index (κ3) is 2.68. The molecule has 2 rings (SSSR count). The summed E-state index contributed by atoms with van der Waals surface area (Å²) in [5, 5.41) is 10.2. The van der Waals surface area contributed by atoms with Gasteiger partial charge in [0.25, 0.3) is 5.91 Å². The van der Waals surface area contributed by atoms with Gasteiger partial charge in [-0.3, -0.25) is 10.1 Å². The van der Waals surface area contributed by atoms with Crippen LogP contribution in [0.15, 0.2) is 16.7 Å². The van der Waals surface area contributed by atoms with Crippen LogP contribution in [0.3, 0.4) is 0 Å². The molecule has 1 amide bonds. The van der Waals surface area contributed by atoms with E-state index in [2.05, 4.69) is 41.4 Å². The van der Waals surface area contributed by atoms with Crippen molar-refractivity contribution in [2.24, 2.45) is 0 Å². The van der Waals surface area contributed by atoms with E-state index in [0.717, 1.165) is 15.9 Å². The first-order valence-corrected chi connectivity index (χ1v) is 5.69. The number of H-pyrrole nitrogens is 1. The summed E-state index contributed by atoms with van der Waals surface area (Å²) in [5.74, 6) is -0.107. The largest absolute Gasteiger partial charge is 0.356 e. The molecule has 17 heavy (non-hydrogen) atoms. The summed E-state index contributed by atoms with van der Waals surface area (Å²) >= 11 is 3.25. The lowest BCUT2D eigenvalue weighted by Crippen LogP contribution is -2.15. The zero-order valence-corrected chi connectivity index (χ0v) is 10.9. The van der Waals surface area contributed by atoms with Crippen molar-refractivity contribution < 1.29 is 4.79 Å². The average molecular weight is 296 g/mol. The van der Waals surface area contributed by atoms with Gasteiger partial charge in [-0.15, -0.1) is 5.10 Å². The molecule has 0 aromatic carbocycles. The second kappa shape index (κ2) is 4.62. The Kier molecular flexibility index (Phi) is 3.19. The number of nitrogens with zero attached hydrogens (tertiary/aromatic N) is 3. The number of amides is 1. The van der Waals surface area contributed by atoms with Crippen LogP contribution in [0.5, 0.6) is 0 Å². The highest BCUT2D eigenvalue weighted by Crippen LogP contribution is 2.11. The van der Waals surface area contributed by atoms with E-state index in [9.17, 15) is 4.79 Å². The van der Waals surface area contributed by atoms with Crippen molar-refractivity contribution in [1.29, 1.82) is 0 Å². The third-order valence-electron chi connectivity index (χ3n) is 2.21. The summed E-state index contributed by atoms with van der Waals surface area (Å²) in [6.07, 6.45) is 1.68. The molecule has 2 heterocycles. The quantitative estimate of drug-likeness (QED) is 0.885. The van der Waals surface area contributed by atoms with Gasteiger partial charge in [-0.05, 0) is 35.8 Å². The Morgan fingerprint density at radius 2 is 2.12 bits per heavy atom. The molecule has 2 aromatic rings. The molecule has 0 saturated heterocycles. The second-order valence-corrected chi connectivity index (χ2v) is 4.41. The van der Waals surface area contributed by atoms with Crippen molar-refractivity contribution in [1.82, 2.24) is 20.2 Å². The van der Waals surface area contributed by atoms with Crippen LogP contribution in [-0.4, -0.2) is 26.1 Å². The molecule has 0 radical (unpaired) electrons. The lowest BCUT2D eigenvalue weighted by molar-refractivity contribution is 0.102. The van der Waals surface area contributed by atoms with Crippen LogP contribution >= 0.6 is 15.9 Å². The molecule has 0 fully saturated rings. The van der Waals surface area contributed by atoms with Crippen molar-refractivity contribution >= 4 is 27.8 Å². The minimum absolute atomic E-state index is 0.198. The van der Waals surface area contributed by atoms with Crippen LogP contribution < -0.4 is 5.32 Å². The van der Waals surface area contributed by atoms with Gasteiger partial charge in [-0.25, -0.2) is 4.98 Å².